The highest BCUT2D eigenvalue weighted by atomic mass is 15.4. The van der Waals surface area contributed by atoms with Crippen LogP contribution in [0.1, 0.15) is 82.8 Å². The first-order valence-corrected chi connectivity index (χ1v) is 12.6. The lowest BCUT2D eigenvalue weighted by Gasteiger charge is -2.51. The fourth-order valence-electron chi connectivity index (χ4n) is 5.38. The molecule has 0 fully saturated rings. The summed E-state index contributed by atoms with van der Waals surface area (Å²) < 4.78 is 0. The van der Waals surface area contributed by atoms with E-state index in [4.69, 9.17) is 0 Å². The number of rotatable bonds is 13. The van der Waals surface area contributed by atoms with Crippen molar-refractivity contribution in [3.63, 3.8) is 0 Å². The van der Waals surface area contributed by atoms with Crippen molar-refractivity contribution in [3.8, 4) is 0 Å². The summed E-state index contributed by atoms with van der Waals surface area (Å²) in [5.74, 6) is 0.450. The van der Waals surface area contributed by atoms with Crippen molar-refractivity contribution < 1.29 is 0 Å². The molecular weight excluding hydrogens is 376 g/mol. The third-order valence-electron chi connectivity index (χ3n) is 6.86. The van der Waals surface area contributed by atoms with Crippen LogP contribution in [0.4, 0.5) is 0 Å². The summed E-state index contributed by atoms with van der Waals surface area (Å²) in [6.07, 6.45) is 14.7. The summed E-state index contributed by atoms with van der Waals surface area (Å²) >= 11 is 0. The molecule has 0 spiro atoms. The molecule has 1 heterocycles. The standard InChI is InChI=1S/C29H42N2/c1-4-7-8-9-16-22-31-24-23-30(21-5-2)29(31,25-26-17-12-10-13-18-26)28(6-3)27-19-14-11-15-20-27/h10-15,17-20,23-24,28H,4-9,16,21-22,25H2,1-3H3. The van der Waals surface area contributed by atoms with Gasteiger partial charge in [0.2, 0.25) is 0 Å². The van der Waals surface area contributed by atoms with E-state index in [1.165, 1.54) is 43.2 Å². The Hall–Kier alpha value is -2.22. The molecule has 2 aromatic carbocycles. The molecule has 0 bridgehead atoms. The van der Waals surface area contributed by atoms with E-state index in [2.05, 4.69) is 104 Å². The molecule has 2 heteroatoms. The van der Waals surface area contributed by atoms with Gasteiger partial charge in [-0.25, -0.2) is 0 Å². The van der Waals surface area contributed by atoms with Crippen LogP contribution in [0.5, 0.6) is 0 Å². The normalized spacial score (nSPS) is 19.2. The Morgan fingerprint density at radius 1 is 0.677 bits per heavy atom. The van der Waals surface area contributed by atoms with E-state index in [1.54, 1.807) is 0 Å². The average molecular weight is 419 g/mol. The first-order chi connectivity index (χ1) is 15.3. The molecule has 0 aliphatic carbocycles. The van der Waals surface area contributed by atoms with Crippen LogP contribution in [-0.4, -0.2) is 28.6 Å². The molecule has 1 aliphatic rings. The zero-order valence-corrected chi connectivity index (χ0v) is 20.0. The number of hydrogen-bond donors (Lipinski definition) is 0. The minimum atomic E-state index is -0.0434. The zero-order chi connectivity index (χ0) is 21.9. The molecule has 3 rings (SSSR count). The average Bonchev–Trinajstić information content (AvgIpc) is 3.13. The first-order valence-electron chi connectivity index (χ1n) is 12.6. The molecule has 0 radical (unpaired) electrons. The molecule has 31 heavy (non-hydrogen) atoms. The van der Waals surface area contributed by atoms with Crippen molar-refractivity contribution in [3.05, 3.63) is 84.2 Å². The molecule has 2 nitrogen and oxygen atoms in total. The number of unbranched alkanes of at least 4 members (excludes halogenated alkanes) is 4. The molecule has 1 aliphatic heterocycles. The molecule has 0 saturated carbocycles. The Kier molecular flexibility index (Phi) is 9.06. The Morgan fingerprint density at radius 3 is 1.90 bits per heavy atom. The van der Waals surface area contributed by atoms with Crippen LogP contribution in [0, 0.1) is 0 Å². The van der Waals surface area contributed by atoms with E-state index in [-0.39, 0.29) is 5.66 Å². The second-order valence-electron chi connectivity index (χ2n) is 9.01. The predicted octanol–water partition coefficient (Wildman–Crippen LogP) is 7.59. The Labute approximate surface area is 191 Å². The van der Waals surface area contributed by atoms with Crippen molar-refractivity contribution in [2.45, 2.75) is 83.7 Å². The van der Waals surface area contributed by atoms with E-state index < -0.39 is 0 Å². The Bertz CT molecular complexity index is 770. The third-order valence-corrected chi connectivity index (χ3v) is 6.86. The lowest BCUT2D eigenvalue weighted by molar-refractivity contribution is -0.00286. The minimum Gasteiger partial charge on any atom is -0.353 e. The Morgan fingerprint density at radius 2 is 1.29 bits per heavy atom. The summed E-state index contributed by atoms with van der Waals surface area (Å²) in [5, 5.41) is 0. The van der Waals surface area contributed by atoms with Crippen molar-refractivity contribution in [2.75, 3.05) is 13.1 Å². The maximum Gasteiger partial charge on any atom is 0.123 e. The van der Waals surface area contributed by atoms with Gasteiger partial charge in [0.25, 0.3) is 0 Å². The van der Waals surface area contributed by atoms with Crippen LogP contribution in [-0.2, 0) is 6.42 Å². The van der Waals surface area contributed by atoms with Crippen LogP contribution in [0.15, 0.2) is 73.1 Å². The Balaban J connectivity index is 1.98. The third kappa shape index (κ3) is 5.53. The predicted molar refractivity (Wildman–Crippen MR) is 134 cm³/mol. The monoisotopic (exact) mass is 418 g/mol. The second-order valence-corrected chi connectivity index (χ2v) is 9.01. The van der Waals surface area contributed by atoms with Gasteiger partial charge in [-0.05, 0) is 30.4 Å². The van der Waals surface area contributed by atoms with Gasteiger partial charge in [-0.3, -0.25) is 0 Å². The van der Waals surface area contributed by atoms with Gasteiger partial charge in [0, 0.05) is 37.8 Å². The maximum atomic E-state index is 2.70. The van der Waals surface area contributed by atoms with Crippen LogP contribution >= 0.6 is 0 Å². The van der Waals surface area contributed by atoms with Crippen LogP contribution in [0.3, 0.4) is 0 Å². The van der Waals surface area contributed by atoms with Crippen molar-refractivity contribution in [2.24, 2.45) is 0 Å². The molecule has 0 saturated heterocycles. The van der Waals surface area contributed by atoms with Crippen molar-refractivity contribution in [1.82, 2.24) is 9.80 Å². The molecule has 2 aromatic rings. The van der Waals surface area contributed by atoms with E-state index in [0.29, 0.717) is 5.92 Å². The van der Waals surface area contributed by atoms with Gasteiger partial charge in [0.15, 0.2) is 0 Å². The quantitative estimate of drug-likeness (QED) is 0.309. The highest BCUT2D eigenvalue weighted by molar-refractivity contribution is 5.30. The zero-order valence-electron chi connectivity index (χ0n) is 20.0. The van der Waals surface area contributed by atoms with E-state index in [1.807, 2.05) is 0 Å². The smallest absolute Gasteiger partial charge is 0.123 e. The van der Waals surface area contributed by atoms with E-state index in [9.17, 15) is 0 Å². The van der Waals surface area contributed by atoms with Gasteiger partial charge in [-0.1, -0.05) is 107 Å². The fraction of sp³-hybridized carbons (Fsp3) is 0.517. The van der Waals surface area contributed by atoms with Crippen LogP contribution in [0.2, 0.25) is 0 Å². The molecule has 168 valence electrons. The molecule has 0 aromatic heterocycles. The SMILES string of the molecule is CCCCCCCN1C=CN(CCC)C1(Cc1ccccc1)C(CC)c1ccccc1. The van der Waals surface area contributed by atoms with Gasteiger partial charge in [0.1, 0.15) is 5.66 Å². The number of nitrogens with zero attached hydrogens (tertiary/aromatic N) is 2. The van der Waals surface area contributed by atoms with Gasteiger partial charge < -0.3 is 9.80 Å². The highest BCUT2D eigenvalue weighted by Gasteiger charge is 2.48. The molecular formula is C29H42N2. The van der Waals surface area contributed by atoms with Gasteiger partial charge in [-0.15, -0.1) is 0 Å². The fourth-order valence-corrected chi connectivity index (χ4v) is 5.38. The summed E-state index contributed by atoms with van der Waals surface area (Å²) in [7, 11) is 0. The van der Waals surface area contributed by atoms with Crippen LogP contribution in [0.25, 0.3) is 0 Å². The summed E-state index contributed by atoms with van der Waals surface area (Å²) in [6.45, 7) is 9.20. The molecule has 0 N–H and O–H groups in total. The second kappa shape index (κ2) is 12.0. The van der Waals surface area contributed by atoms with Gasteiger partial charge in [-0.2, -0.15) is 0 Å². The van der Waals surface area contributed by atoms with E-state index in [0.717, 1.165) is 32.4 Å². The van der Waals surface area contributed by atoms with Crippen molar-refractivity contribution in [1.29, 1.82) is 0 Å². The van der Waals surface area contributed by atoms with E-state index >= 15 is 0 Å². The van der Waals surface area contributed by atoms with Gasteiger partial charge in [0.05, 0.1) is 0 Å². The summed E-state index contributed by atoms with van der Waals surface area (Å²) in [5.41, 5.74) is 2.84. The summed E-state index contributed by atoms with van der Waals surface area (Å²) in [4.78, 5) is 5.36. The summed E-state index contributed by atoms with van der Waals surface area (Å²) in [6, 6.07) is 22.3. The van der Waals surface area contributed by atoms with Crippen LogP contribution < -0.4 is 0 Å². The minimum absolute atomic E-state index is 0.0434. The molecule has 2 atom stereocenters. The van der Waals surface area contributed by atoms with Crippen molar-refractivity contribution >= 4 is 0 Å². The molecule has 2 unspecified atom stereocenters. The number of benzene rings is 2. The maximum absolute atomic E-state index is 2.70. The highest BCUT2D eigenvalue weighted by Crippen LogP contribution is 2.45. The van der Waals surface area contributed by atoms with Gasteiger partial charge >= 0.3 is 0 Å². The lowest BCUT2D eigenvalue weighted by atomic mass is 9.78. The first kappa shape index (κ1) is 23.4. The topological polar surface area (TPSA) is 6.48 Å². The number of hydrogen-bond acceptors (Lipinski definition) is 2. The lowest BCUT2D eigenvalue weighted by Crippen LogP contribution is -2.59. The molecule has 0 amide bonds. The largest absolute Gasteiger partial charge is 0.353 e.